The van der Waals surface area contributed by atoms with Gasteiger partial charge in [-0.3, -0.25) is 9.10 Å². The van der Waals surface area contributed by atoms with Crippen LogP contribution in [0.3, 0.4) is 0 Å². The number of carbonyl (C=O) groups is 1. The van der Waals surface area contributed by atoms with Crippen LogP contribution in [0.5, 0.6) is 5.75 Å². The molecule has 7 nitrogen and oxygen atoms in total. The third-order valence-electron chi connectivity index (χ3n) is 4.79. The van der Waals surface area contributed by atoms with Gasteiger partial charge in [-0.15, -0.1) is 0 Å². The van der Waals surface area contributed by atoms with Gasteiger partial charge in [0.25, 0.3) is 10.0 Å². The van der Waals surface area contributed by atoms with Crippen LogP contribution in [0.15, 0.2) is 71.6 Å². The molecule has 0 spiro atoms. The monoisotopic (exact) mass is 457 g/mol. The molecule has 3 aromatic carbocycles. The highest BCUT2D eigenvalue weighted by atomic mass is 35.5. The molecule has 0 atom stereocenters. The maximum atomic E-state index is 13.2. The molecule has 1 aliphatic rings. The highest BCUT2D eigenvalue weighted by molar-refractivity contribution is 7.92. The van der Waals surface area contributed by atoms with Crippen molar-refractivity contribution in [3.05, 3.63) is 77.3 Å². The minimum atomic E-state index is -3.85. The highest BCUT2D eigenvalue weighted by Gasteiger charge is 2.30. The first-order valence-corrected chi connectivity index (χ1v) is 11.3. The second-order valence-corrected chi connectivity index (χ2v) is 9.33. The topological polar surface area (TPSA) is 102 Å². The maximum Gasteiger partial charge on any atom is 0.264 e. The first kappa shape index (κ1) is 21.0. The van der Waals surface area contributed by atoms with Crippen molar-refractivity contribution in [2.24, 2.45) is 0 Å². The van der Waals surface area contributed by atoms with Crippen LogP contribution in [0.2, 0.25) is 5.02 Å². The molecule has 160 valence electrons. The van der Waals surface area contributed by atoms with Gasteiger partial charge in [0.2, 0.25) is 5.91 Å². The van der Waals surface area contributed by atoms with Gasteiger partial charge in [-0.2, -0.15) is 0 Å². The molecule has 0 aliphatic carbocycles. The Balaban J connectivity index is 1.59. The summed E-state index contributed by atoms with van der Waals surface area (Å²) in [4.78, 5) is 12.5. The minimum absolute atomic E-state index is 0.0949. The van der Waals surface area contributed by atoms with E-state index in [1.807, 2.05) is 0 Å². The molecule has 0 unspecified atom stereocenters. The molecule has 0 aromatic heterocycles. The number of nitrogen functional groups attached to an aromatic ring is 1. The van der Waals surface area contributed by atoms with Crippen LogP contribution in [0, 0.1) is 0 Å². The van der Waals surface area contributed by atoms with Crippen molar-refractivity contribution in [3.8, 4) is 5.75 Å². The average Bonchev–Trinajstić information content (AvgIpc) is 2.75. The normalized spacial score (nSPS) is 13.3. The van der Waals surface area contributed by atoms with Crippen molar-refractivity contribution in [1.29, 1.82) is 0 Å². The fourth-order valence-corrected chi connectivity index (χ4v) is 4.95. The number of hydrogen-bond acceptors (Lipinski definition) is 5. The highest BCUT2D eigenvalue weighted by Crippen LogP contribution is 2.37. The first-order valence-electron chi connectivity index (χ1n) is 9.52. The van der Waals surface area contributed by atoms with Gasteiger partial charge in [0, 0.05) is 16.4 Å². The number of fused-ring (bicyclic) bond motifs is 1. The number of ether oxygens (including phenoxy) is 1. The standard InChI is InChI=1S/C22H20ClN3O4S/c23-16-6-4-15(5-7-16)12-22(27)25-18-8-9-21-20(14-18)26(10-11-30-21)31(28,29)19-3-1-2-17(24)13-19/h1-9,13-14H,10-12,24H2,(H,25,27). The Labute approximate surface area is 185 Å². The summed E-state index contributed by atoms with van der Waals surface area (Å²) >= 11 is 5.88. The van der Waals surface area contributed by atoms with Crippen molar-refractivity contribution in [3.63, 3.8) is 0 Å². The number of nitrogens with one attached hydrogen (secondary N) is 1. The number of sulfonamides is 1. The van der Waals surface area contributed by atoms with Crippen LogP contribution in [0.4, 0.5) is 17.1 Å². The number of anilines is 3. The molecule has 0 saturated heterocycles. The van der Waals surface area contributed by atoms with E-state index in [1.165, 1.54) is 16.4 Å². The van der Waals surface area contributed by atoms with Gasteiger partial charge in [0.1, 0.15) is 12.4 Å². The SMILES string of the molecule is Nc1cccc(S(=O)(=O)N2CCOc3ccc(NC(=O)Cc4ccc(Cl)cc4)cc32)c1. The van der Waals surface area contributed by atoms with E-state index in [2.05, 4.69) is 5.32 Å². The Kier molecular flexibility index (Phi) is 5.75. The van der Waals surface area contributed by atoms with E-state index in [-0.39, 0.29) is 30.4 Å². The molecule has 0 saturated carbocycles. The van der Waals surface area contributed by atoms with Crippen molar-refractivity contribution < 1.29 is 17.9 Å². The summed E-state index contributed by atoms with van der Waals surface area (Å²) in [5.41, 5.74) is 7.77. The lowest BCUT2D eigenvalue weighted by atomic mass is 10.1. The quantitative estimate of drug-likeness (QED) is 0.569. The van der Waals surface area contributed by atoms with Crippen LogP contribution in [-0.2, 0) is 21.2 Å². The molecule has 31 heavy (non-hydrogen) atoms. The van der Waals surface area contributed by atoms with Crippen LogP contribution in [0.1, 0.15) is 5.56 Å². The lowest BCUT2D eigenvalue weighted by molar-refractivity contribution is -0.115. The molecular weight excluding hydrogens is 438 g/mol. The predicted octanol–water partition coefficient (Wildman–Crippen LogP) is 3.69. The fraction of sp³-hybridized carbons (Fsp3) is 0.136. The summed E-state index contributed by atoms with van der Waals surface area (Å²) in [6.45, 7) is 0.364. The predicted molar refractivity (Wildman–Crippen MR) is 121 cm³/mol. The number of nitrogens with two attached hydrogens (primary N) is 1. The summed E-state index contributed by atoms with van der Waals surface area (Å²) in [6.07, 6.45) is 0.163. The Morgan fingerprint density at radius 3 is 2.61 bits per heavy atom. The van der Waals surface area contributed by atoms with Crippen molar-refractivity contribution in [2.45, 2.75) is 11.3 Å². The number of hydrogen-bond donors (Lipinski definition) is 2. The van der Waals surface area contributed by atoms with Crippen LogP contribution >= 0.6 is 11.6 Å². The smallest absolute Gasteiger partial charge is 0.264 e. The number of halogens is 1. The lowest BCUT2D eigenvalue weighted by Crippen LogP contribution is -2.38. The van der Waals surface area contributed by atoms with Crippen LogP contribution in [0.25, 0.3) is 0 Å². The van der Waals surface area contributed by atoms with E-state index in [1.54, 1.807) is 54.6 Å². The molecule has 4 rings (SSSR count). The van der Waals surface area contributed by atoms with Crippen LogP contribution < -0.4 is 20.1 Å². The molecule has 3 N–H and O–H groups in total. The molecule has 1 amide bonds. The molecular formula is C22H20ClN3O4S. The zero-order valence-electron chi connectivity index (χ0n) is 16.4. The van der Waals surface area contributed by atoms with Gasteiger partial charge in [-0.25, -0.2) is 8.42 Å². The van der Waals surface area contributed by atoms with E-state index < -0.39 is 10.0 Å². The summed E-state index contributed by atoms with van der Waals surface area (Å²) in [5, 5.41) is 3.40. The molecule has 0 bridgehead atoms. The molecule has 9 heteroatoms. The van der Waals surface area contributed by atoms with Gasteiger partial charge in [-0.05, 0) is 54.1 Å². The average molecular weight is 458 g/mol. The third kappa shape index (κ3) is 4.60. The Bertz CT molecular complexity index is 1230. The Morgan fingerprint density at radius 1 is 1.10 bits per heavy atom. The summed E-state index contributed by atoms with van der Waals surface area (Å²) in [7, 11) is -3.85. The van der Waals surface area contributed by atoms with E-state index >= 15 is 0 Å². The number of carbonyl (C=O) groups excluding carboxylic acids is 1. The van der Waals surface area contributed by atoms with E-state index in [0.717, 1.165) is 5.56 Å². The van der Waals surface area contributed by atoms with E-state index in [9.17, 15) is 13.2 Å². The largest absolute Gasteiger partial charge is 0.489 e. The minimum Gasteiger partial charge on any atom is -0.489 e. The van der Waals surface area contributed by atoms with E-state index in [0.29, 0.717) is 27.8 Å². The maximum absolute atomic E-state index is 13.2. The molecule has 3 aromatic rings. The van der Waals surface area contributed by atoms with Crippen molar-refractivity contribution in [1.82, 2.24) is 0 Å². The summed E-state index contributed by atoms with van der Waals surface area (Å²) in [5.74, 6) is 0.193. The second kappa shape index (κ2) is 8.49. The van der Waals surface area contributed by atoms with Gasteiger partial charge < -0.3 is 15.8 Å². The van der Waals surface area contributed by atoms with Crippen molar-refractivity contribution >= 4 is 44.6 Å². The molecule has 1 heterocycles. The summed E-state index contributed by atoms with van der Waals surface area (Å²) < 4.78 is 33.3. The number of amides is 1. The third-order valence-corrected chi connectivity index (χ3v) is 6.85. The number of nitrogens with zero attached hydrogens (tertiary/aromatic N) is 1. The molecule has 0 fully saturated rings. The van der Waals surface area contributed by atoms with Gasteiger partial charge in [0.15, 0.2) is 0 Å². The molecule has 0 radical (unpaired) electrons. The zero-order valence-corrected chi connectivity index (χ0v) is 18.0. The second-order valence-electron chi connectivity index (χ2n) is 7.03. The Hall–Kier alpha value is -3.23. The lowest BCUT2D eigenvalue weighted by Gasteiger charge is -2.31. The molecule has 1 aliphatic heterocycles. The zero-order chi connectivity index (χ0) is 22.0. The van der Waals surface area contributed by atoms with E-state index in [4.69, 9.17) is 22.1 Å². The summed E-state index contributed by atoms with van der Waals surface area (Å²) in [6, 6.07) is 18.1. The number of rotatable bonds is 5. The fourth-order valence-electron chi connectivity index (χ4n) is 3.32. The van der Waals surface area contributed by atoms with Crippen molar-refractivity contribution in [2.75, 3.05) is 28.5 Å². The van der Waals surface area contributed by atoms with Crippen LogP contribution in [-0.4, -0.2) is 27.5 Å². The van der Waals surface area contributed by atoms with Gasteiger partial charge in [-0.1, -0.05) is 29.8 Å². The van der Waals surface area contributed by atoms with Gasteiger partial charge >= 0.3 is 0 Å². The Morgan fingerprint density at radius 2 is 1.87 bits per heavy atom. The van der Waals surface area contributed by atoms with Gasteiger partial charge in [0.05, 0.1) is 23.5 Å². The number of benzene rings is 3. The first-order chi connectivity index (χ1) is 14.8.